The number of aromatic nitrogens is 2. The molecule has 104 valence electrons. The maximum atomic E-state index is 12.6. The maximum Gasteiger partial charge on any atom is 0.278 e. The second-order valence-corrected chi connectivity index (χ2v) is 4.97. The number of para-hydroxylation sites is 1. The van der Waals surface area contributed by atoms with Crippen LogP contribution in [0, 0.1) is 0 Å². The SMILES string of the molecule is NCCn1cnc(C(=O)N2CCCc3ccccc32)c1. The van der Waals surface area contributed by atoms with E-state index in [1.54, 1.807) is 12.5 Å². The van der Waals surface area contributed by atoms with Gasteiger partial charge in [-0.05, 0) is 24.5 Å². The Morgan fingerprint density at radius 2 is 2.20 bits per heavy atom. The van der Waals surface area contributed by atoms with E-state index in [1.807, 2.05) is 27.7 Å². The average molecular weight is 270 g/mol. The summed E-state index contributed by atoms with van der Waals surface area (Å²) in [7, 11) is 0. The van der Waals surface area contributed by atoms with Gasteiger partial charge in [-0.3, -0.25) is 4.79 Å². The van der Waals surface area contributed by atoms with E-state index in [2.05, 4.69) is 11.1 Å². The summed E-state index contributed by atoms with van der Waals surface area (Å²) < 4.78 is 1.85. The molecule has 0 saturated heterocycles. The molecule has 0 fully saturated rings. The molecule has 0 spiro atoms. The lowest BCUT2D eigenvalue weighted by molar-refractivity contribution is 0.0980. The number of amides is 1. The summed E-state index contributed by atoms with van der Waals surface area (Å²) in [6.45, 7) is 1.97. The van der Waals surface area contributed by atoms with Crippen molar-refractivity contribution in [2.45, 2.75) is 19.4 Å². The Kier molecular flexibility index (Phi) is 3.52. The summed E-state index contributed by atoms with van der Waals surface area (Å²) in [5.41, 5.74) is 8.23. The third kappa shape index (κ3) is 2.32. The van der Waals surface area contributed by atoms with E-state index < -0.39 is 0 Å². The predicted octanol–water partition coefficient (Wildman–Crippen LogP) is 1.43. The number of imidazole rings is 1. The number of benzene rings is 1. The first-order valence-corrected chi connectivity index (χ1v) is 6.91. The fourth-order valence-electron chi connectivity index (χ4n) is 2.62. The van der Waals surface area contributed by atoms with E-state index in [0.717, 1.165) is 25.1 Å². The number of anilines is 1. The Hall–Kier alpha value is -2.14. The van der Waals surface area contributed by atoms with Gasteiger partial charge in [0.1, 0.15) is 5.69 Å². The number of carbonyl (C=O) groups is 1. The largest absolute Gasteiger partial charge is 0.335 e. The van der Waals surface area contributed by atoms with Gasteiger partial charge in [0, 0.05) is 31.5 Å². The van der Waals surface area contributed by atoms with Gasteiger partial charge in [0.15, 0.2) is 0 Å². The normalized spacial score (nSPS) is 14.2. The van der Waals surface area contributed by atoms with Crippen LogP contribution in [-0.4, -0.2) is 28.5 Å². The third-order valence-electron chi connectivity index (χ3n) is 3.60. The molecule has 0 atom stereocenters. The number of hydrogen-bond acceptors (Lipinski definition) is 3. The zero-order valence-electron chi connectivity index (χ0n) is 11.3. The van der Waals surface area contributed by atoms with Crippen molar-refractivity contribution in [1.82, 2.24) is 9.55 Å². The van der Waals surface area contributed by atoms with Gasteiger partial charge >= 0.3 is 0 Å². The molecule has 20 heavy (non-hydrogen) atoms. The van der Waals surface area contributed by atoms with Crippen LogP contribution in [0.3, 0.4) is 0 Å². The highest BCUT2D eigenvalue weighted by Crippen LogP contribution is 2.27. The molecule has 0 radical (unpaired) electrons. The Morgan fingerprint density at radius 3 is 3.05 bits per heavy atom. The second-order valence-electron chi connectivity index (χ2n) is 4.97. The zero-order chi connectivity index (χ0) is 13.9. The molecule has 2 aromatic rings. The number of hydrogen-bond donors (Lipinski definition) is 1. The minimum absolute atomic E-state index is 0.0343. The van der Waals surface area contributed by atoms with Gasteiger partial charge in [-0.1, -0.05) is 18.2 Å². The summed E-state index contributed by atoms with van der Waals surface area (Å²) in [6.07, 6.45) is 5.45. The van der Waals surface area contributed by atoms with Crippen LogP contribution in [0.25, 0.3) is 0 Å². The van der Waals surface area contributed by atoms with Crippen LogP contribution in [0.5, 0.6) is 0 Å². The maximum absolute atomic E-state index is 12.6. The number of carbonyl (C=O) groups excluding carboxylic acids is 1. The molecule has 1 aromatic carbocycles. The first-order valence-electron chi connectivity index (χ1n) is 6.91. The number of nitrogens with two attached hydrogens (primary N) is 1. The van der Waals surface area contributed by atoms with Gasteiger partial charge in [-0.15, -0.1) is 0 Å². The molecule has 0 saturated carbocycles. The van der Waals surface area contributed by atoms with Crippen molar-refractivity contribution in [3.8, 4) is 0 Å². The van der Waals surface area contributed by atoms with Crippen LogP contribution in [0.15, 0.2) is 36.8 Å². The van der Waals surface area contributed by atoms with E-state index in [9.17, 15) is 4.79 Å². The Bertz CT molecular complexity index is 620. The van der Waals surface area contributed by atoms with Crippen LogP contribution in [-0.2, 0) is 13.0 Å². The molecule has 1 aliphatic rings. The highest BCUT2D eigenvalue weighted by atomic mass is 16.2. The Labute approximate surface area is 118 Å². The summed E-state index contributed by atoms with van der Waals surface area (Å²) in [6, 6.07) is 8.07. The minimum atomic E-state index is -0.0343. The van der Waals surface area contributed by atoms with Gasteiger partial charge in [0.2, 0.25) is 0 Å². The Balaban J connectivity index is 1.87. The summed E-state index contributed by atoms with van der Waals surface area (Å²) in [5, 5.41) is 0. The molecular weight excluding hydrogens is 252 g/mol. The highest BCUT2D eigenvalue weighted by Gasteiger charge is 2.24. The fraction of sp³-hybridized carbons (Fsp3) is 0.333. The molecule has 2 N–H and O–H groups in total. The third-order valence-corrected chi connectivity index (χ3v) is 3.60. The lowest BCUT2D eigenvalue weighted by Gasteiger charge is -2.28. The van der Waals surface area contributed by atoms with Gasteiger partial charge < -0.3 is 15.2 Å². The molecule has 3 rings (SSSR count). The first-order chi connectivity index (χ1) is 9.79. The molecule has 0 aliphatic carbocycles. The predicted molar refractivity (Wildman–Crippen MR) is 77.7 cm³/mol. The number of nitrogens with zero attached hydrogens (tertiary/aromatic N) is 3. The average Bonchev–Trinajstić information content (AvgIpc) is 2.95. The van der Waals surface area contributed by atoms with Gasteiger partial charge in [-0.2, -0.15) is 0 Å². The molecule has 0 unspecified atom stereocenters. The monoisotopic (exact) mass is 270 g/mol. The highest BCUT2D eigenvalue weighted by molar-refractivity contribution is 6.05. The first kappa shape index (κ1) is 12.9. The van der Waals surface area contributed by atoms with E-state index >= 15 is 0 Å². The van der Waals surface area contributed by atoms with E-state index in [4.69, 9.17) is 5.73 Å². The molecule has 5 heteroatoms. The number of fused-ring (bicyclic) bond motifs is 1. The molecule has 0 bridgehead atoms. The van der Waals surface area contributed by atoms with Crippen molar-refractivity contribution < 1.29 is 4.79 Å². The Morgan fingerprint density at radius 1 is 1.35 bits per heavy atom. The topological polar surface area (TPSA) is 64.2 Å². The van der Waals surface area contributed by atoms with E-state index in [1.165, 1.54) is 5.56 Å². The van der Waals surface area contributed by atoms with Crippen molar-refractivity contribution in [3.05, 3.63) is 48.0 Å². The molecular formula is C15H18N4O. The molecule has 1 aliphatic heterocycles. The van der Waals surface area contributed by atoms with Crippen molar-refractivity contribution in [2.75, 3.05) is 18.0 Å². The van der Waals surface area contributed by atoms with E-state index in [-0.39, 0.29) is 5.91 Å². The van der Waals surface area contributed by atoms with Crippen LogP contribution in [0.1, 0.15) is 22.5 Å². The second kappa shape index (κ2) is 5.46. The molecule has 1 aromatic heterocycles. The van der Waals surface area contributed by atoms with Crippen molar-refractivity contribution in [2.24, 2.45) is 5.73 Å². The fourth-order valence-corrected chi connectivity index (χ4v) is 2.62. The van der Waals surface area contributed by atoms with Crippen LogP contribution >= 0.6 is 0 Å². The van der Waals surface area contributed by atoms with Gasteiger partial charge in [-0.25, -0.2) is 4.98 Å². The summed E-state index contributed by atoms with van der Waals surface area (Å²) in [4.78, 5) is 18.6. The van der Waals surface area contributed by atoms with Gasteiger partial charge in [0.25, 0.3) is 5.91 Å². The summed E-state index contributed by atoms with van der Waals surface area (Å²) in [5.74, 6) is -0.0343. The summed E-state index contributed by atoms with van der Waals surface area (Å²) >= 11 is 0. The van der Waals surface area contributed by atoms with E-state index in [0.29, 0.717) is 18.8 Å². The zero-order valence-corrected chi connectivity index (χ0v) is 11.3. The quantitative estimate of drug-likeness (QED) is 0.917. The minimum Gasteiger partial charge on any atom is -0.335 e. The van der Waals surface area contributed by atoms with Crippen molar-refractivity contribution in [3.63, 3.8) is 0 Å². The van der Waals surface area contributed by atoms with Gasteiger partial charge in [0.05, 0.1) is 6.33 Å². The standard InChI is InChI=1S/C15H18N4O/c16-7-9-18-10-13(17-11-18)15(20)19-8-3-5-12-4-1-2-6-14(12)19/h1-2,4,6,10-11H,3,5,7-9,16H2. The van der Waals surface area contributed by atoms with Crippen LogP contribution in [0.2, 0.25) is 0 Å². The molecule has 1 amide bonds. The number of rotatable bonds is 3. The molecule has 2 heterocycles. The smallest absolute Gasteiger partial charge is 0.278 e. The number of aryl methyl sites for hydroxylation is 1. The lowest BCUT2D eigenvalue weighted by atomic mass is 10.0. The van der Waals surface area contributed by atoms with Crippen LogP contribution < -0.4 is 10.6 Å². The lowest BCUT2D eigenvalue weighted by Crippen LogP contribution is -2.35. The van der Waals surface area contributed by atoms with Crippen molar-refractivity contribution in [1.29, 1.82) is 0 Å². The molecule has 5 nitrogen and oxygen atoms in total. The van der Waals surface area contributed by atoms with Crippen molar-refractivity contribution >= 4 is 11.6 Å². The van der Waals surface area contributed by atoms with Crippen LogP contribution in [0.4, 0.5) is 5.69 Å².